The number of rotatable bonds is 7. The summed E-state index contributed by atoms with van der Waals surface area (Å²) >= 11 is 3.48. The van der Waals surface area contributed by atoms with Crippen molar-refractivity contribution in [2.75, 3.05) is 17.6 Å². The van der Waals surface area contributed by atoms with E-state index in [0.717, 1.165) is 45.8 Å². The second kappa shape index (κ2) is 8.21. The van der Waals surface area contributed by atoms with Crippen molar-refractivity contribution >= 4 is 28.9 Å². The van der Waals surface area contributed by atoms with Gasteiger partial charge in [0.1, 0.15) is 15.9 Å². The number of thioether (sulfide) groups is 1. The van der Waals surface area contributed by atoms with Crippen molar-refractivity contribution in [1.82, 2.24) is 19.9 Å². The molecule has 0 radical (unpaired) electrons. The molecule has 0 amide bonds. The van der Waals surface area contributed by atoms with Crippen molar-refractivity contribution in [3.63, 3.8) is 0 Å². The van der Waals surface area contributed by atoms with E-state index in [1.54, 1.807) is 29.3 Å². The van der Waals surface area contributed by atoms with Crippen LogP contribution in [0.15, 0.2) is 40.3 Å². The third-order valence-corrected chi connectivity index (χ3v) is 5.58. The zero-order chi connectivity index (χ0) is 16.8. The highest BCUT2D eigenvalue weighted by molar-refractivity contribution is 8.00. The summed E-state index contributed by atoms with van der Waals surface area (Å²) in [5, 5.41) is 5.44. The molecule has 0 saturated carbocycles. The van der Waals surface area contributed by atoms with E-state index in [2.05, 4.69) is 25.3 Å². The first-order valence-electron chi connectivity index (χ1n) is 7.77. The van der Waals surface area contributed by atoms with Crippen molar-refractivity contribution in [2.45, 2.75) is 24.6 Å². The van der Waals surface area contributed by atoms with E-state index < -0.39 is 0 Å². The van der Waals surface area contributed by atoms with Gasteiger partial charge in [-0.25, -0.2) is 15.0 Å². The van der Waals surface area contributed by atoms with Crippen LogP contribution in [0.1, 0.15) is 17.7 Å². The summed E-state index contributed by atoms with van der Waals surface area (Å²) in [4.78, 5) is 17.8. The van der Waals surface area contributed by atoms with Crippen molar-refractivity contribution in [2.24, 2.45) is 0 Å². The van der Waals surface area contributed by atoms with Crippen LogP contribution in [-0.4, -0.2) is 32.2 Å². The molecule has 3 heterocycles. The lowest BCUT2D eigenvalue weighted by atomic mass is 10.2. The number of anilines is 1. The summed E-state index contributed by atoms with van der Waals surface area (Å²) < 4.78 is 1.13. The van der Waals surface area contributed by atoms with Gasteiger partial charge in [0.25, 0.3) is 0 Å². The molecule has 0 saturated heterocycles. The number of nitrogens with zero attached hydrogens (tertiary/aromatic N) is 4. The van der Waals surface area contributed by atoms with Crippen LogP contribution in [0, 0.1) is 13.8 Å². The van der Waals surface area contributed by atoms with Crippen molar-refractivity contribution in [3.8, 4) is 11.5 Å². The molecule has 5 nitrogen and oxygen atoms in total. The highest BCUT2D eigenvalue weighted by Gasteiger charge is 2.10. The molecule has 3 rings (SSSR count). The van der Waals surface area contributed by atoms with E-state index >= 15 is 0 Å². The molecule has 3 aromatic rings. The Hall–Kier alpha value is -1.99. The first kappa shape index (κ1) is 16.9. The van der Waals surface area contributed by atoms with Gasteiger partial charge in [0, 0.05) is 41.3 Å². The van der Waals surface area contributed by atoms with Crippen molar-refractivity contribution in [1.29, 1.82) is 0 Å². The lowest BCUT2D eigenvalue weighted by molar-refractivity contribution is 0.961. The predicted octanol–water partition coefficient (Wildman–Crippen LogP) is 4.21. The molecule has 0 spiro atoms. The van der Waals surface area contributed by atoms with Gasteiger partial charge in [-0.2, -0.15) is 0 Å². The van der Waals surface area contributed by atoms with Crippen LogP contribution in [0.3, 0.4) is 0 Å². The normalized spacial score (nSPS) is 10.8. The number of pyridine rings is 1. The molecular formula is C17H19N5S2. The summed E-state index contributed by atoms with van der Waals surface area (Å²) in [6, 6.07) is 5.77. The first-order valence-corrected chi connectivity index (χ1v) is 9.63. The van der Waals surface area contributed by atoms with Gasteiger partial charge in [0.15, 0.2) is 5.82 Å². The number of aromatic nitrogens is 4. The smallest absolute Gasteiger partial charge is 0.180 e. The maximum atomic E-state index is 4.65. The molecule has 3 aromatic heterocycles. The quantitative estimate of drug-likeness (QED) is 0.505. The molecule has 24 heavy (non-hydrogen) atoms. The van der Waals surface area contributed by atoms with Crippen LogP contribution in [0.25, 0.3) is 11.5 Å². The minimum Gasteiger partial charge on any atom is -0.370 e. The van der Waals surface area contributed by atoms with Gasteiger partial charge in [-0.15, -0.1) is 11.3 Å². The van der Waals surface area contributed by atoms with Crippen LogP contribution in [0.2, 0.25) is 0 Å². The van der Waals surface area contributed by atoms with E-state index in [-0.39, 0.29) is 0 Å². The summed E-state index contributed by atoms with van der Waals surface area (Å²) in [5.74, 6) is 2.59. The van der Waals surface area contributed by atoms with Gasteiger partial charge >= 0.3 is 0 Å². The van der Waals surface area contributed by atoms with E-state index in [1.807, 2.05) is 43.6 Å². The Morgan fingerprint density at radius 2 is 2.04 bits per heavy atom. The molecule has 0 atom stereocenters. The SMILES string of the molecule is Cc1nc(-c2ccccn2)nc(NCCCSc2nccs2)c1C. The van der Waals surface area contributed by atoms with Crippen LogP contribution in [-0.2, 0) is 0 Å². The fraction of sp³-hybridized carbons (Fsp3) is 0.294. The second-order valence-corrected chi connectivity index (χ2v) is 7.48. The number of hydrogen-bond acceptors (Lipinski definition) is 7. The molecule has 1 N–H and O–H groups in total. The van der Waals surface area contributed by atoms with Crippen molar-refractivity contribution < 1.29 is 0 Å². The molecule has 0 aliphatic rings. The highest BCUT2D eigenvalue weighted by atomic mass is 32.2. The van der Waals surface area contributed by atoms with Gasteiger partial charge < -0.3 is 5.32 Å². The maximum Gasteiger partial charge on any atom is 0.180 e. The largest absolute Gasteiger partial charge is 0.370 e. The maximum absolute atomic E-state index is 4.65. The molecule has 0 aromatic carbocycles. The average molecular weight is 358 g/mol. The van der Waals surface area contributed by atoms with Crippen molar-refractivity contribution in [3.05, 3.63) is 47.2 Å². The van der Waals surface area contributed by atoms with Gasteiger partial charge in [-0.05, 0) is 32.4 Å². The molecule has 0 unspecified atom stereocenters. The molecule has 124 valence electrons. The molecule has 0 fully saturated rings. The van der Waals surface area contributed by atoms with E-state index in [1.165, 1.54) is 0 Å². The summed E-state index contributed by atoms with van der Waals surface area (Å²) in [6.45, 7) is 4.93. The number of thiazole rings is 1. The third-order valence-electron chi connectivity index (χ3n) is 3.53. The molecular weight excluding hydrogens is 338 g/mol. The second-order valence-electron chi connectivity index (χ2n) is 5.25. The van der Waals surface area contributed by atoms with Gasteiger partial charge in [-0.1, -0.05) is 17.8 Å². The Labute approximate surface area is 150 Å². The fourth-order valence-corrected chi connectivity index (χ4v) is 3.78. The Morgan fingerprint density at radius 3 is 2.79 bits per heavy atom. The Bertz CT molecular complexity index is 775. The van der Waals surface area contributed by atoms with Crippen LogP contribution in [0.5, 0.6) is 0 Å². The predicted molar refractivity (Wildman–Crippen MR) is 101 cm³/mol. The topological polar surface area (TPSA) is 63.6 Å². The number of hydrogen-bond donors (Lipinski definition) is 1. The van der Waals surface area contributed by atoms with Crippen LogP contribution in [0.4, 0.5) is 5.82 Å². The zero-order valence-electron chi connectivity index (χ0n) is 13.7. The molecule has 0 aliphatic carbocycles. The monoisotopic (exact) mass is 357 g/mol. The summed E-state index contributed by atoms with van der Waals surface area (Å²) in [6.07, 6.45) is 4.65. The lowest BCUT2D eigenvalue weighted by Gasteiger charge is -2.12. The third kappa shape index (κ3) is 4.30. The number of aryl methyl sites for hydroxylation is 1. The minimum absolute atomic E-state index is 0.665. The standard InChI is InChI=1S/C17H19N5S2/c1-12-13(2)21-16(14-6-3-4-7-18-14)22-15(12)19-8-5-10-23-17-20-9-11-24-17/h3-4,6-7,9,11H,5,8,10H2,1-2H3,(H,19,21,22). The lowest BCUT2D eigenvalue weighted by Crippen LogP contribution is -2.09. The van der Waals surface area contributed by atoms with Gasteiger partial charge in [0.2, 0.25) is 0 Å². The highest BCUT2D eigenvalue weighted by Crippen LogP contribution is 2.22. The summed E-state index contributed by atoms with van der Waals surface area (Å²) in [5.41, 5.74) is 2.86. The molecule has 0 aliphatic heterocycles. The van der Waals surface area contributed by atoms with Gasteiger partial charge in [0.05, 0.1) is 0 Å². The van der Waals surface area contributed by atoms with Gasteiger partial charge in [-0.3, -0.25) is 4.98 Å². The molecule has 7 heteroatoms. The zero-order valence-corrected chi connectivity index (χ0v) is 15.3. The summed E-state index contributed by atoms with van der Waals surface area (Å²) in [7, 11) is 0. The fourth-order valence-electron chi connectivity index (χ4n) is 2.13. The van der Waals surface area contributed by atoms with E-state index in [0.29, 0.717) is 5.82 Å². The Kier molecular flexibility index (Phi) is 5.77. The molecule has 0 bridgehead atoms. The van der Waals surface area contributed by atoms with E-state index in [4.69, 9.17) is 0 Å². The first-order chi connectivity index (χ1) is 11.7. The van der Waals surface area contributed by atoms with Crippen LogP contribution >= 0.6 is 23.1 Å². The van der Waals surface area contributed by atoms with E-state index in [9.17, 15) is 0 Å². The Morgan fingerprint density at radius 1 is 1.12 bits per heavy atom. The van der Waals surface area contributed by atoms with Crippen LogP contribution < -0.4 is 5.32 Å². The average Bonchev–Trinajstić information content (AvgIpc) is 3.12. The Balaban J connectivity index is 1.61. The number of nitrogens with one attached hydrogen (secondary N) is 1. The minimum atomic E-state index is 0.665.